The first kappa shape index (κ1) is 22.1. The number of likely N-dealkylation sites (tertiary alicyclic amines) is 1. The fourth-order valence-corrected chi connectivity index (χ4v) is 4.30. The molecule has 2 aliphatic rings. The van der Waals surface area contributed by atoms with Crippen molar-refractivity contribution < 1.29 is 8.78 Å². The summed E-state index contributed by atoms with van der Waals surface area (Å²) in [5.41, 5.74) is 3.27. The molecule has 2 fully saturated rings. The minimum Gasteiger partial charge on any atom is -0.352 e. The van der Waals surface area contributed by atoms with Gasteiger partial charge >= 0.3 is 0 Å². The number of hydrogen-bond donors (Lipinski definition) is 1. The van der Waals surface area contributed by atoms with Gasteiger partial charge in [-0.3, -0.25) is 9.88 Å². The van der Waals surface area contributed by atoms with Gasteiger partial charge < -0.3 is 10.2 Å². The predicted molar refractivity (Wildman–Crippen MR) is 124 cm³/mol. The summed E-state index contributed by atoms with van der Waals surface area (Å²) in [5, 5.41) is 12.7. The van der Waals surface area contributed by atoms with Crippen LogP contribution in [-0.2, 0) is 6.54 Å². The zero-order chi connectivity index (χ0) is 23.5. The molecule has 2 saturated heterocycles. The van der Waals surface area contributed by atoms with E-state index in [0.29, 0.717) is 61.1 Å². The van der Waals surface area contributed by atoms with E-state index >= 15 is 0 Å². The number of anilines is 3. The predicted octanol–water partition coefficient (Wildman–Crippen LogP) is 3.64. The molecular weight excluding hydrogens is 438 g/mol. The molecule has 0 aliphatic carbocycles. The van der Waals surface area contributed by atoms with Crippen LogP contribution < -0.4 is 10.2 Å². The summed E-state index contributed by atoms with van der Waals surface area (Å²) in [6.07, 6.45) is 4.36. The molecule has 8 nitrogen and oxygen atoms in total. The maximum Gasteiger partial charge on any atom is 0.227 e. The van der Waals surface area contributed by atoms with Crippen LogP contribution >= 0.6 is 0 Å². The van der Waals surface area contributed by atoms with E-state index in [0.717, 1.165) is 17.9 Å². The summed E-state index contributed by atoms with van der Waals surface area (Å²) in [7, 11) is 0. The second kappa shape index (κ2) is 9.65. The molecule has 0 bridgehead atoms. The Morgan fingerprint density at radius 1 is 1.03 bits per heavy atom. The molecule has 0 amide bonds. The number of hydrogen-bond acceptors (Lipinski definition) is 8. The number of nitriles is 1. The van der Waals surface area contributed by atoms with Gasteiger partial charge in [0.1, 0.15) is 24.2 Å². The van der Waals surface area contributed by atoms with Crippen LogP contribution in [0.5, 0.6) is 0 Å². The Bertz CT molecular complexity index is 1200. The second-order valence-electron chi connectivity index (χ2n) is 8.59. The number of alkyl halides is 2. The van der Waals surface area contributed by atoms with E-state index in [-0.39, 0.29) is 6.54 Å². The molecule has 174 valence electrons. The molecule has 0 radical (unpaired) electrons. The third-order valence-electron chi connectivity index (χ3n) is 6.05. The van der Waals surface area contributed by atoms with Crippen LogP contribution in [0.25, 0.3) is 11.3 Å². The standard InChI is InChI=1S/C24H24F2N8/c25-18-4-7-33(13-18)15-21-2-1-20(12-29-21)31-24-28-6-3-22(32-24)17-9-16(10-27)23(30-11-17)34-8-5-19(26)14-34/h1-3,6,9,11-12,18-19H,4-5,7-8,13-15H2,(H,28,31,32). The number of halogens is 2. The molecule has 0 spiro atoms. The molecule has 5 heterocycles. The summed E-state index contributed by atoms with van der Waals surface area (Å²) in [6, 6.07) is 9.42. The molecule has 3 aromatic heterocycles. The lowest BCUT2D eigenvalue weighted by atomic mass is 10.1. The maximum absolute atomic E-state index is 13.6. The fraction of sp³-hybridized carbons (Fsp3) is 0.375. The minimum absolute atomic E-state index is 0.254. The number of rotatable bonds is 6. The molecule has 10 heteroatoms. The van der Waals surface area contributed by atoms with Gasteiger partial charge in [0.05, 0.1) is 35.4 Å². The molecule has 2 atom stereocenters. The second-order valence-corrected chi connectivity index (χ2v) is 8.59. The topological polar surface area (TPSA) is 93.9 Å². The number of aromatic nitrogens is 4. The van der Waals surface area contributed by atoms with Gasteiger partial charge in [0, 0.05) is 44.1 Å². The van der Waals surface area contributed by atoms with Gasteiger partial charge in [0.25, 0.3) is 0 Å². The van der Waals surface area contributed by atoms with Gasteiger partial charge in [0.15, 0.2) is 0 Å². The van der Waals surface area contributed by atoms with E-state index in [1.165, 1.54) is 0 Å². The van der Waals surface area contributed by atoms with Crippen LogP contribution in [0.1, 0.15) is 24.1 Å². The van der Waals surface area contributed by atoms with Crippen molar-refractivity contribution in [3.63, 3.8) is 0 Å². The Labute approximate surface area is 196 Å². The number of pyridine rings is 2. The first-order valence-corrected chi connectivity index (χ1v) is 11.3. The lowest BCUT2D eigenvalue weighted by Crippen LogP contribution is -2.22. The van der Waals surface area contributed by atoms with Crippen molar-refractivity contribution >= 4 is 17.5 Å². The van der Waals surface area contributed by atoms with E-state index in [1.807, 2.05) is 12.1 Å². The Morgan fingerprint density at radius 3 is 2.59 bits per heavy atom. The minimum atomic E-state index is -0.894. The average Bonchev–Trinajstić information content (AvgIpc) is 3.47. The van der Waals surface area contributed by atoms with Crippen LogP contribution in [0.4, 0.5) is 26.2 Å². The molecule has 34 heavy (non-hydrogen) atoms. The maximum atomic E-state index is 13.6. The van der Waals surface area contributed by atoms with Crippen molar-refractivity contribution in [2.45, 2.75) is 31.7 Å². The van der Waals surface area contributed by atoms with E-state index in [1.54, 1.807) is 35.6 Å². The van der Waals surface area contributed by atoms with Gasteiger partial charge in [0.2, 0.25) is 5.95 Å². The highest BCUT2D eigenvalue weighted by atomic mass is 19.1. The summed E-state index contributed by atoms with van der Waals surface area (Å²) < 4.78 is 27.0. The molecule has 1 N–H and O–H groups in total. The van der Waals surface area contributed by atoms with Crippen molar-refractivity contribution in [2.24, 2.45) is 0 Å². The Hall–Kier alpha value is -3.71. The lowest BCUT2D eigenvalue weighted by Gasteiger charge is -2.18. The third-order valence-corrected chi connectivity index (χ3v) is 6.05. The quantitative estimate of drug-likeness (QED) is 0.594. The Balaban J connectivity index is 1.29. The lowest BCUT2D eigenvalue weighted by molar-refractivity contribution is 0.280. The normalized spacial score (nSPS) is 20.4. The van der Waals surface area contributed by atoms with Crippen LogP contribution in [0.15, 0.2) is 42.9 Å². The zero-order valence-corrected chi connectivity index (χ0v) is 18.5. The van der Waals surface area contributed by atoms with Crippen molar-refractivity contribution in [2.75, 3.05) is 36.4 Å². The van der Waals surface area contributed by atoms with Crippen LogP contribution in [-0.4, -0.2) is 63.4 Å². The number of nitrogens with one attached hydrogen (secondary N) is 1. The third kappa shape index (κ3) is 4.94. The molecule has 0 saturated carbocycles. The average molecular weight is 463 g/mol. The van der Waals surface area contributed by atoms with Gasteiger partial charge in [-0.15, -0.1) is 0 Å². The molecule has 0 aromatic carbocycles. The highest BCUT2D eigenvalue weighted by molar-refractivity contribution is 5.67. The van der Waals surface area contributed by atoms with Crippen molar-refractivity contribution in [1.29, 1.82) is 5.26 Å². The van der Waals surface area contributed by atoms with Crippen molar-refractivity contribution in [3.05, 3.63) is 54.1 Å². The zero-order valence-electron chi connectivity index (χ0n) is 18.5. The smallest absolute Gasteiger partial charge is 0.227 e. The first-order chi connectivity index (χ1) is 16.6. The van der Waals surface area contributed by atoms with E-state index in [4.69, 9.17) is 0 Å². The molecule has 2 unspecified atom stereocenters. The highest BCUT2D eigenvalue weighted by Crippen LogP contribution is 2.27. The van der Waals surface area contributed by atoms with E-state index in [2.05, 4.69) is 36.2 Å². The number of nitrogens with zero attached hydrogens (tertiary/aromatic N) is 7. The van der Waals surface area contributed by atoms with E-state index in [9.17, 15) is 14.0 Å². The molecule has 3 aromatic rings. The van der Waals surface area contributed by atoms with Crippen molar-refractivity contribution in [3.8, 4) is 17.3 Å². The first-order valence-electron chi connectivity index (χ1n) is 11.3. The van der Waals surface area contributed by atoms with Gasteiger partial charge in [-0.25, -0.2) is 23.7 Å². The van der Waals surface area contributed by atoms with Crippen LogP contribution in [0.2, 0.25) is 0 Å². The van der Waals surface area contributed by atoms with Gasteiger partial charge in [-0.1, -0.05) is 0 Å². The largest absolute Gasteiger partial charge is 0.352 e. The van der Waals surface area contributed by atoms with Crippen molar-refractivity contribution in [1.82, 2.24) is 24.8 Å². The Kier molecular flexibility index (Phi) is 6.27. The van der Waals surface area contributed by atoms with Gasteiger partial charge in [-0.2, -0.15) is 5.26 Å². The highest BCUT2D eigenvalue weighted by Gasteiger charge is 2.25. The summed E-state index contributed by atoms with van der Waals surface area (Å²) in [6.45, 7) is 2.64. The van der Waals surface area contributed by atoms with Crippen LogP contribution in [0, 0.1) is 11.3 Å². The SMILES string of the molecule is N#Cc1cc(-c2ccnc(Nc3ccc(CN4CCC(F)C4)nc3)n2)cnc1N1CCC(F)C1. The Morgan fingerprint density at radius 2 is 1.88 bits per heavy atom. The molecular formula is C24H24F2N8. The molecule has 5 rings (SSSR count). The fourth-order valence-electron chi connectivity index (χ4n) is 4.30. The summed E-state index contributed by atoms with van der Waals surface area (Å²) in [5.74, 6) is 0.884. The molecule has 2 aliphatic heterocycles. The summed E-state index contributed by atoms with van der Waals surface area (Å²) in [4.78, 5) is 21.6. The summed E-state index contributed by atoms with van der Waals surface area (Å²) >= 11 is 0. The monoisotopic (exact) mass is 462 g/mol. The van der Waals surface area contributed by atoms with Crippen LogP contribution in [0.3, 0.4) is 0 Å². The van der Waals surface area contributed by atoms with Gasteiger partial charge in [-0.05, 0) is 37.1 Å². The van der Waals surface area contributed by atoms with E-state index < -0.39 is 12.3 Å².